The predicted molar refractivity (Wildman–Crippen MR) is 87.0 cm³/mol. The van der Waals surface area contributed by atoms with Crippen LogP contribution in [0.2, 0.25) is 0 Å². The Morgan fingerprint density at radius 1 is 1.09 bits per heavy atom. The molecule has 0 radical (unpaired) electrons. The number of furan rings is 1. The highest BCUT2D eigenvalue weighted by atomic mass is 16.5. The van der Waals surface area contributed by atoms with Gasteiger partial charge in [-0.15, -0.1) is 0 Å². The van der Waals surface area contributed by atoms with E-state index < -0.39 is 0 Å². The summed E-state index contributed by atoms with van der Waals surface area (Å²) < 4.78 is 11.1. The van der Waals surface area contributed by atoms with Gasteiger partial charge >= 0.3 is 0 Å². The molecule has 0 aliphatic rings. The Morgan fingerprint density at radius 2 is 1.91 bits per heavy atom. The molecular formula is C18H19NO3. The molecule has 3 rings (SSSR count). The number of rotatable bonds is 6. The number of hydrogen-bond donors (Lipinski definition) is 2. The highest BCUT2D eigenvalue weighted by Gasteiger charge is 2.07. The minimum Gasteiger partial charge on any atom is -0.497 e. The van der Waals surface area contributed by atoms with Crippen molar-refractivity contribution in [1.82, 2.24) is 5.32 Å². The number of aliphatic hydroxyl groups is 1. The molecule has 114 valence electrons. The summed E-state index contributed by atoms with van der Waals surface area (Å²) in [5.74, 6) is 1.68. The van der Waals surface area contributed by atoms with Crippen LogP contribution in [0, 0.1) is 0 Å². The summed E-state index contributed by atoms with van der Waals surface area (Å²) in [6.45, 7) is 1.45. The van der Waals surface area contributed by atoms with Gasteiger partial charge in [0, 0.05) is 24.0 Å². The lowest BCUT2D eigenvalue weighted by molar-refractivity contribution is 0.292. The maximum absolute atomic E-state index is 8.79. The van der Waals surface area contributed by atoms with E-state index in [9.17, 15) is 0 Å². The molecule has 0 fully saturated rings. The Hall–Kier alpha value is -2.30. The Bertz CT molecular complexity index is 747. The average molecular weight is 297 g/mol. The van der Waals surface area contributed by atoms with Crippen LogP contribution in [0.5, 0.6) is 5.75 Å². The monoisotopic (exact) mass is 297 g/mol. The molecule has 0 atom stereocenters. The first-order valence-corrected chi connectivity index (χ1v) is 7.28. The molecule has 0 amide bonds. The third-order valence-electron chi connectivity index (χ3n) is 3.58. The summed E-state index contributed by atoms with van der Waals surface area (Å²) in [6, 6.07) is 16.0. The summed E-state index contributed by atoms with van der Waals surface area (Å²) in [5, 5.41) is 13.0. The number of ether oxygens (including phenoxy) is 1. The largest absolute Gasteiger partial charge is 0.497 e. The van der Waals surface area contributed by atoms with Crippen molar-refractivity contribution in [3.63, 3.8) is 0 Å². The number of hydrogen-bond acceptors (Lipinski definition) is 4. The lowest BCUT2D eigenvalue weighted by atomic mass is 10.1. The van der Waals surface area contributed by atoms with Crippen LogP contribution in [0.3, 0.4) is 0 Å². The van der Waals surface area contributed by atoms with Crippen molar-refractivity contribution in [2.24, 2.45) is 0 Å². The molecule has 0 saturated heterocycles. The molecular weight excluding hydrogens is 278 g/mol. The van der Waals surface area contributed by atoms with E-state index in [4.69, 9.17) is 14.3 Å². The van der Waals surface area contributed by atoms with Crippen LogP contribution in [0.1, 0.15) is 5.56 Å². The van der Waals surface area contributed by atoms with E-state index in [0.29, 0.717) is 6.54 Å². The molecule has 2 aromatic carbocycles. The molecule has 0 spiro atoms. The fraction of sp³-hybridized carbons (Fsp3) is 0.222. The SMILES string of the molecule is COc1ccc(-c2cc3ccc(CNCCO)cc3o2)cc1. The first kappa shape index (κ1) is 14.6. The van der Waals surface area contributed by atoms with Gasteiger partial charge in [0.05, 0.1) is 13.7 Å². The fourth-order valence-corrected chi connectivity index (χ4v) is 2.39. The maximum Gasteiger partial charge on any atom is 0.135 e. The molecule has 1 heterocycles. The van der Waals surface area contributed by atoms with E-state index >= 15 is 0 Å². The lowest BCUT2D eigenvalue weighted by Crippen LogP contribution is -2.17. The fourth-order valence-electron chi connectivity index (χ4n) is 2.39. The van der Waals surface area contributed by atoms with Crippen molar-refractivity contribution in [3.05, 3.63) is 54.1 Å². The van der Waals surface area contributed by atoms with Gasteiger partial charge in [0.15, 0.2) is 0 Å². The third-order valence-corrected chi connectivity index (χ3v) is 3.58. The van der Waals surface area contributed by atoms with Gasteiger partial charge < -0.3 is 19.6 Å². The first-order chi connectivity index (χ1) is 10.8. The molecule has 4 heteroatoms. The predicted octanol–water partition coefficient (Wildman–Crippen LogP) is 3.19. The molecule has 0 saturated carbocycles. The first-order valence-electron chi connectivity index (χ1n) is 7.28. The van der Waals surface area contributed by atoms with E-state index in [-0.39, 0.29) is 6.61 Å². The maximum atomic E-state index is 8.79. The lowest BCUT2D eigenvalue weighted by Gasteiger charge is -2.02. The van der Waals surface area contributed by atoms with Crippen molar-refractivity contribution in [1.29, 1.82) is 0 Å². The average Bonchev–Trinajstić information content (AvgIpc) is 2.98. The molecule has 0 bridgehead atoms. The summed E-state index contributed by atoms with van der Waals surface area (Å²) in [4.78, 5) is 0. The van der Waals surface area contributed by atoms with Gasteiger partial charge in [-0.3, -0.25) is 0 Å². The van der Waals surface area contributed by atoms with Gasteiger partial charge in [0.2, 0.25) is 0 Å². The van der Waals surface area contributed by atoms with Crippen LogP contribution in [0.15, 0.2) is 52.9 Å². The highest BCUT2D eigenvalue weighted by Crippen LogP contribution is 2.29. The number of nitrogens with one attached hydrogen (secondary N) is 1. The molecule has 0 unspecified atom stereocenters. The van der Waals surface area contributed by atoms with E-state index in [0.717, 1.165) is 40.2 Å². The second kappa shape index (κ2) is 6.64. The van der Waals surface area contributed by atoms with Crippen LogP contribution in [-0.2, 0) is 6.54 Å². The van der Waals surface area contributed by atoms with Crippen LogP contribution in [0.25, 0.3) is 22.3 Å². The zero-order valence-corrected chi connectivity index (χ0v) is 12.5. The molecule has 4 nitrogen and oxygen atoms in total. The number of benzene rings is 2. The number of aliphatic hydroxyl groups excluding tert-OH is 1. The van der Waals surface area contributed by atoms with Gasteiger partial charge in [-0.2, -0.15) is 0 Å². The summed E-state index contributed by atoms with van der Waals surface area (Å²) >= 11 is 0. The second-order valence-electron chi connectivity index (χ2n) is 5.11. The summed E-state index contributed by atoms with van der Waals surface area (Å²) in [7, 11) is 1.66. The quantitative estimate of drug-likeness (QED) is 0.686. The molecule has 2 N–H and O–H groups in total. The summed E-state index contributed by atoms with van der Waals surface area (Å²) in [6.07, 6.45) is 0. The van der Waals surface area contributed by atoms with E-state index in [1.54, 1.807) is 7.11 Å². The van der Waals surface area contributed by atoms with E-state index in [1.165, 1.54) is 0 Å². The van der Waals surface area contributed by atoms with E-state index in [2.05, 4.69) is 17.4 Å². The van der Waals surface area contributed by atoms with Crippen molar-refractivity contribution in [2.75, 3.05) is 20.3 Å². The van der Waals surface area contributed by atoms with E-state index in [1.807, 2.05) is 36.4 Å². The van der Waals surface area contributed by atoms with Crippen LogP contribution in [-0.4, -0.2) is 25.4 Å². The highest BCUT2D eigenvalue weighted by molar-refractivity contribution is 5.83. The zero-order chi connectivity index (χ0) is 15.4. The Labute approximate surface area is 129 Å². The Balaban J connectivity index is 1.85. The topological polar surface area (TPSA) is 54.6 Å². The van der Waals surface area contributed by atoms with Gasteiger partial charge in [0.25, 0.3) is 0 Å². The van der Waals surface area contributed by atoms with Crippen LogP contribution < -0.4 is 10.1 Å². The van der Waals surface area contributed by atoms with Gasteiger partial charge in [-0.05, 0) is 42.0 Å². The van der Waals surface area contributed by atoms with Gasteiger partial charge in [-0.1, -0.05) is 12.1 Å². The molecule has 0 aliphatic heterocycles. The molecule has 1 aromatic heterocycles. The second-order valence-corrected chi connectivity index (χ2v) is 5.11. The third kappa shape index (κ3) is 3.13. The normalized spacial score (nSPS) is 11.0. The number of methoxy groups -OCH3 is 1. The standard InChI is InChI=1S/C18H19NO3/c1-21-16-6-4-14(5-7-16)18-11-15-3-2-13(10-17(15)22-18)12-19-8-9-20/h2-7,10-11,19-20H,8-9,12H2,1H3. The molecule has 0 aliphatic carbocycles. The molecule has 3 aromatic rings. The Kier molecular flexibility index (Phi) is 4.42. The summed E-state index contributed by atoms with van der Waals surface area (Å²) in [5.41, 5.74) is 3.03. The minimum atomic E-state index is 0.143. The zero-order valence-electron chi connectivity index (χ0n) is 12.5. The van der Waals surface area contributed by atoms with Gasteiger partial charge in [0.1, 0.15) is 17.1 Å². The van der Waals surface area contributed by atoms with Crippen molar-refractivity contribution in [2.45, 2.75) is 6.54 Å². The van der Waals surface area contributed by atoms with Crippen LogP contribution in [0.4, 0.5) is 0 Å². The Morgan fingerprint density at radius 3 is 2.64 bits per heavy atom. The van der Waals surface area contributed by atoms with Crippen molar-refractivity contribution < 1.29 is 14.3 Å². The number of fused-ring (bicyclic) bond motifs is 1. The van der Waals surface area contributed by atoms with Crippen LogP contribution >= 0.6 is 0 Å². The van der Waals surface area contributed by atoms with Crippen molar-refractivity contribution in [3.8, 4) is 17.1 Å². The molecule has 22 heavy (non-hydrogen) atoms. The van der Waals surface area contributed by atoms with Crippen molar-refractivity contribution >= 4 is 11.0 Å². The minimum absolute atomic E-state index is 0.143. The van der Waals surface area contributed by atoms with Gasteiger partial charge in [-0.25, -0.2) is 0 Å². The smallest absolute Gasteiger partial charge is 0.135 e.